The minimum Gasteiger partial charge on any atom is -0.465 e. The highest BCUT2D eigenvalue weighted by atomic mass is 16.5. The highest BCUT2D eigenvalue weighted by Gasteiger charge is 2.63. The van der Waals surface area contributed by atoms with Crippen molar-refractivity contribution in [3.63, 3.8) is 0 Å². The van der Waals surface area contributed by atoms with Crippen molar-refractivity contribution in [3.8, 4) is 0 Å². The van der Waals surface area contributed by atoms with Gasteiger partial charge >= 0.3 is 11.9 Å². The van der Waals surface area contributed by atoms with Crippen LogP contribution >= 0.6 is 0 Å². The zero-order chi connectivity index (χ0) is 17.8. The first-order valence-electron chi connectivity index (χ1n) is 9.43. The third-order valence-electron chi connectivity index (χ3n) is 7.47. The number of hydrogen-bond acceptors (Lipinski definition) is 5. The molecule has 2 heterocycles. The first kappa shape index (κ1) is 16.8. The van der Waals surface area contributed by atoms with E-state index in [0.717, 1.165) is 31.3 Å². The van der Waals surface area contributed by atoms with Gasteiger partial charge in [0.25, 0.3) is 0 Å². The van der Waals surface area contributed by atoms with Crippen molar-refractivity contribution in [1.29, 1.82) is 0 Å². The van der Waals surface area contributed by atoms with Crippen molar-refractivity contribution in [1.82, 2.24) is 0 Å². The Bertz CT molecular complexity index is 665. The van der Waals surface area contributed by atoms with Gasteiger partial charge in [0.05, 0.1) is 13.0 Å². The Morgan fingerprint density at radius 3 is 2.76 bits per heavy atom. The van der Waals surface area contributed by atoms with Gasteiger partial charge in [-0.25, -0.2) is 4.79 Å². The van der Waals surface area contributed by atoms with E-state index in [1.54, 1.807) is 0 Å². The van der Waals surface area contributed by atoms with Gasteiger partial charge in [0.1, 0.15) is 12.4 Å². The summed E-state index contributed by atoms with van der Waals surface area (Å²) in [6, 6.07) is 0. The number of esters is 2. The molecule has 1 spiro atoms. The third-order valence-corrected chi connectivity index (χ3v) is 7.47. The molecule has 0 aromatic carbocycles. The van der Waals surface area contributed by atoms with Gasteiger partial charge < -0.3 is 9.47 Å². The van der Waals surface area contributed by atoms with Crippen molar-refractivity contribution >= 4 is 17.7 Å². The predicted molar refractivity (Wildman–Crippen MR) is 89.4 cm³/mol. The van der Waals surface area contributed by atoms with E-state index in [4.69, 9.17) is 9.47 Å². The quantitative estimate of drug-likeness (QED) is 0.735. The predicted octanol–water partition coefficient (Wildman–Crippen LogP) is 2.82. The molecule has 5 atom stereocenters. The lowest BCUT2D eigenvalue weighted by atomic mass is 9.46. The molecule has 0 aromatic rings. The molecule has 0 unspecified atom stereocenters. The second-order valence-corrected chi connectivity index (χ2v) is 8.64. The fraction of sp³-hybridized carbons (Fsp3) is 0.750. The Hall–Kier alpha value is -1.65. The zero-order valence-corrected chi connectivity index (χ0v) is 15.0. The average Bonchev–Trinajstić information content (AvgIpc) is 3.15. The first-order chi connectivity index (χ1) is 11.9. The summed E-state index contributed by atoms with van der Waals surface area (Å²) in [5, 5.41) is 0. The van der Waals surface area contributed by atoms with Gasteiger partial charge in [0, 0.05) is 29.2 Å². The van der Waals surface area contributed by atoms with Crippen LogP contribution in [0.2, 0.25) is 0 Å². The summed E-state index contributed by atoms with van der Waals surface area (Å²) in [5.41, 5.74) is 0.152. The molecular formula is C20H26O5. The molecule has 0 aromatic heterocycles. The van der Waals surface area contributed by atoms with Gasteiger partial charge in [0.2, 0.25) is 0 Å². The average molecular weight is 346 g/mol. The Morgan fingerprint density at radius 1 is 1.24 bits per heavy atom. The van der Waals surface area contributed by atoms with Gasteiger partial charge in [0.15, 0.2) is 0 Å². The van der Waals surface area contributed by atoms with Crippen LogP contribution in [0, 0.1) is 28.6 Å². The normalized spacial score (nSPS) is 43.2. The van der Waals surface area contributed by atoms with Crippen molar-refractivity contribution in [2.24, 2.45) is 28.6 Å². The first-order valence-corrected chi connectivity index (χ1v) is 9.43. The van der Waals surface area contributed by atoms with Crippen LogP contribution in [0.15, 0.2) is 11.6 Å². The SMILES string of the molecule is C[C@H]1C(=O)C[C@@]23COC(=O)C2=CCC[C@@H]3[C@@]1(C)CC[C@H]1COC(=O)C1. The van der Waals surface area contributed by atoms with Crippen molar-refractivity contribution in [3.05, 3.63) is 11.6 Å². The lowest BCUT2D eigenvalue weighted by Crippen LogP contribution is -2.55. The van der Waals surface area contributed by atoms with Gasteiger partial charge in [-0.1, -0.05) is 19.9 Å². The Kier molecular flexibility index (Phi) is 3.82. The number of ether oxygens (including phenoxy) is 2. The van der Waals surface area contributed by atoms with Crippen LogP contribution < -0.4 is 0 Å². The molecule has 0 radical (unpaired) electrons. The summed E-state index contributed by atoms with van der Waals surface area (Å²) in [4.78, 5) is 36.5. The molecular weight excluding hydrogens is 320 g/mol. The summed E-state index contributed by atoms with van der Waals surface area (Å²) >= 11 is 0. The van der Waals surface area contributed by atoms with Crippen LogP contribution in [0.25, 0.3) is 0 Å². The van der Waals surface area contributed by atoms with Crippen LogP contribution in [-0.4, -0.2) is 30.9 Å². The van der Waals surface area contributed by atoms with Gasteiger partial charge in [-0.2, -0.15) is 0 Å². The smallest absolute Gasteiger partial charge is 0.334 e. The molecule has 4 aliphatic rings. The molecule has 2 aliphatic carbocycles. The molecule has 25 heavy (non-hydrogen) atoms. The highest BCUT2D eigenvalue weighted by molar-refractivity contribution is 5.95. The molecule has 5 nitrogen and oxygen atoms in total. The van der Waals surface area contributed by atoms with Crippen LogP contribution in [-0.2, 0) is 23.9 Å². The maximum absolute atomic E-state index is 12.9. The molecule has 5 heteroatoms. The number of cyclic esters (lactones) is 2. The van der Waals surface area contributed by atoms with E-state index < -0.39 is 5.41 Å². The lowest BCUT2D eigenvalue weighted by molar-refractivity contribution is -0.145. The minimum atomic E-state index is -0.421. The maximum Gasteiger partial charge on any atom is 0.334 e. The topological polar surface area (TPSA) is 69.7 Å². The molecule has 1 saturated carbocycles. The Labute approximate surface area is 148 Å². The lowest BCUT2D eigenvalue weighted by Gasteiger charge is -2.55. The van der Waals surface area contributed by atoms with E-state index in [-0.39, 0.29) is 40.9 Å². The van der Waals surface area contributed by atoms with E-state index in [9.17, 15) is 14.4 Å². The third kappa shape index (κ3) is 2.38. The fourth-order valence-electron chi connectivity index (χ4n) is 5.82. The summed E-state index contributed by atoms with van der Waals surface area (Å²) < 4.78 is 10.5. The van der Waals surface area contributed by atoms with E-state index in [1.165, 1.54) is 0 Å². The molecule has 4 rings (SSSR count). The maximum atomic E-state index is 12.9. The highest BCUT2D eigenvalue weighted by Crippen LogP contribution is 2.63. The van der Waals surface area contributed by atoms with E-state index in [0.29, 0.717) is 26.1 Å². The molecule has 136 valence electrons. The molecule has 0 N–H and O–H groups in total. The zero-order valence-electron chi connectivity index (χ0n) is 15.0. The van der Waals surface area contributed by atoms with Gasteiger partial charge in [-0.3, -0.25) is 9.59 Å². The number of carbonyl (C=O) groups is 3. The number of Topliss-reactive ketones (excluding diaryl/α,β-unsaturated/α-hetero) is 1. The number of allylic oxidation sites excluding steroid dienone is 1. The van der Waals surface area contributed by atoms with E-state index in [2.05, 4.69) is 6.92 Å². The largest absolute Gasteiger partial charge is 0.465 e. The second-order valence-electron chi connectivity index (χ2n) is 8.64. The number of ketones is 1. The molecule has 2 aliphatic heterocycles. The van der Waals surface area contributed by atoms with Gasteiger partial charge in [-0.15, -0.1) is 0 Å². The van der Waals surface area contributed by atoms with Crippen LogP contribution in [0.4, 0.5) is 0 Å². The van der Waals surface area contributed by atoms with Crippen molar-refractivity contribution < 1.29 is 23.9 Å². The second kappa shape index (κ2) is 5.68. The summed E-state index contributed by atoms with van der Waals surface area (Å²) in [5.74, 6) is 0.391. The number of carbonyl (C=O) groups excluding carboxylic acids is 3. The van der Waals surface area contributed by atoms with E-state index >= 15 is 0 Å². The molecule has 3 fully saturated rings. The molecule has 0 bridgehead atoms. The minimum absolute atomic E-state index is 0.0313. The van der Waals surface area contributed by atoms with Crippen LogP contribution in [0.1, 0.15) is 52.4 Å². The summed E-state index contributed by atoms with van der Waals surface area (Å²) in [6.07, 6.45) is 6.55. The Balaban J connectivity index is 1.63. The van der Waals surface area contributed by atoms with Crippen LogP contribution in [0.5, 0.6) is 0 Å². The number of rotatable bonds is 3. The van der Waals surface area contributed by atoms with Crippen molar-refractivity contribution in [2.75, 3.05) is 13.2 Å². The summed E-state index contributed by atoms with van der Waals surface area (Å²) in [7, 11) is 0. The molecule has 2 saturated heterocycles. The number of hydrogen-bond donors (Lipinski definition) is 0. The monoisotopic (exact) mass is 346 g/mol. The van der Waals surface area contributed by atoms with Gasteiger partial charge in [-0.05, 0) is 37.0 Å². The van der Waals surface area contributed by atoms with Crippen molar-refractivity contribution in [2.45, 2.75) is 52.4 Å². The van der Waals surface area contributed by atoms with E-state index in [1.807, 2.05) is 13.0 Å². The van der Waals surface area contributed by atoms with Crippen LogP contribution in [0.3, 0.4) is 0 Å². The fourth-order valence-corrected chi connectivity index (χ4v) is 5.82. The standard InChI is InChI=1S/C20H26O5/c1-12-15(21)9-20-11-25-18(23)14(20)4-3-5-16(20)19(12,2)7-6-13-8-17(22)24-10-13/h4,12-13,16H,3,5-11H2,1-2H3/t12-,13+,16+,19-,20+/m0/s1. The Morgan fingerprint density at radius 2 is 2.04 bits per heavy atom. The summed E-state index contributed by atoms with van der Waals surface area (Å²) in [6.45, 7) is 5.10. The molecule has 0 amide bonds.